The lowest BCUT2D eigenvalue weighted by Crippen LogP contribution is -2.40. The summed E-state index contributed by atoms with van der Waals surface area (Å²) in [7, 11) is -3.00. The predicted octanol–water partition coefficient (Wildman–Crippen LogP) is 2.43. The molecular weight excluding hydrogens is 312 g/mol. The molecule has 1 atom stereocenters. The van der Waals surface area contributed by atoms with Gasteiger partial charge in [0.2, 0.25) is 0 Å². The van der Waals surface area contributed by atoms with Gasteiger partial charge < -0.3 is 9.88 Å². The number of aromatic nitrogens is 1. The van der Waals surface area contributed by atoms with Crippen molar-refractivity contribution in [2.24, 2.45) is 0 Å². The Morgan fingerprint density at radius 2 is 2.09 bits per heavy atom. The first-order valence-electron chi connectivity index (χ1n) is 7.92. The number of hydrogen-bond acceptors (Lipinski definition) is 3. The fraction of sp³-hybridized carbons (Fsp3) is 0.471. The number of rotatable bonds is 3. The summed E-state index contributed by atoms with van der Waals surface area (Å²) in [6, 6.07) is 5.43. The number of aromatic amines is 1. The number of fused-ring (bicyclic) bond motifs is 1. The van der Waals surface area contributed by atoms with Crippen molar-refractivity contribution in [2.75, 3.05) is 18.1 Å². The van der Waals surface area contributed by atoms with Crippen LogP contribution in [0.3, 0.4) is 0 Å². The number of aryl methyl sites for hydroxylation is 2. The maximum Gasteiger partial charge on any atom is 0.254 e. The summed E-state index contributed by atoms with van der Waals surface area (Å²) in [5.74, 6) is 0.169. The third kappa shape index (κ3) is 2.87. The van der Waals surface area contributed by atoms with E-state index in [1.807, 2.05) is 39.0 Å². The van der Waals surface area contributed by atoms with Gasteiger partial charge in [0.15, 0.2) is 9.84 Å². The number of carbonyl (C=O) groups is 1. The van der Waals surface area contributed by atoms with E-state index in [4.69, 9.17) is 0 Å². The second kappa shape index (κ2) is 5.67. The van der Waals surface area contributed by atoms with Crippen molar-refractivity contribution in [1.29, 1.82) is 0 Å². The predicted molar refractivity (Wildman–Crippen MR) is 91.5 cm³/mol. The first-order chi connectivity index (χ1) is 10.8. The molecular formula is C17H22N2O3S. The minimum absolute atomic E-state index is 0.0805. The van der Waals surface area contributed by atoms with Crippen LogP contribution in [0.4, 0.5) is 0 Å². The summed E-state index contributed by atoms with van der Waals surface area (Å²) in [6.45, 7) is 6.46. The van der Waals surface area contributed by atoms with E-state index in [9.17, 15) is 13.2 Å². The quantitative estimate of drug-likeness (QED) is 0.937. The van der Waals surface area contributed by atoms with Crippen LogP contribution < -0.4 is 0 Å². The molecule has 1 unspecified atom stereocenters. The van der Waals surface area contributed by atoms with Crippen molar-refractivity contribution in [1.82, 2.24) is 9.88 Å². The highest BCUT2D eigenvalue weighted by Gasteiger charge is 2.34. The maximum atomic E-state index is 12.9. The molecule has 124 valence electrons. The summed E-state index contributed by atoms with van der Waals surface area (Å²) in [4.78, 5) is 17.8. The highest BCUT2D eigenvalue weighted by molar-refractivity contribution is 7.91. The van der Waals surface area contributed by atoms with E-state index in [2.05, 4.69) is 4.98 Å². The zero-order valence-electron chi connectivity index (χ0n) is 13.7. The lowest BCUT2D eigenvalue weighted by molar-refractivity contribution is 0.0708. The zero-order valence-corrected chi connectivity index (χ0v) is 14.5. The monoisotopic (exact) mass is 334 g/mol. The first kappa shape index (κ1) is 16.1. The lowest BCUT2D eigenvalue weighted by atomic mass is 10.1. The van der Waals surface area contributed by atoms with Gasteiger partial charge in [0.1, 0.15) is 0 Å². The van der Waals surface area contributed by atoms with Gasteiger partial charge in [-0.25, -0.2) is 8.42 Å². The number of nitrogens with zero attached hydrogens (tertiary/aromatic N) is 1. The second-order valence-electron chi connectivity index (χ2n) is 6.28. The van der Waals surface area contributed by atoms with Crippen LogP contribution in [0.25, 0.3) is 10.9 Å². The number of benzene rings is 1. The van der Waals surface area contributed by atoms with Crippen molar-refractivity contribution in [3.05, 3.63) is 35.0 Å². The Morgan fingerprint density at radius 3 is 2.70 bits per heavy atom. The molecule has 1 fully saturated rings. The molecule has 0 aliphatic carbocycles. The average molecular weight is 334 g/mol. The Bertz CT molecular complexity index is 867. The molecule has 2 heterocycles. The van der Waals surface area contributed by atoms with Crippen LogP contribution in [0.15, 0.2) is 18.2 Å². The number of H-pyrrole nitrogens is 1. The van der Waals surface area contributed by atoms with E-state index in [0.29, 0.717) is 18.5 Å². The third-order valence-corrected chi connectivity index (χ3v) is 6.56. The SMILES string of the molecule is CCN(C(=O)c1ccc2[nH]c(C)c(C)c2c1)C1CCS(=O)(=O)C1. The minimum atomic E-state index is -3.00. The average Bonchev–Trinajstić information content (AvgIpc) is 3.00. The van der Waals surface area contributed by atoms with Crippen molar-refractivity contribution >= 4 is 26.6 Å². The van der Waals surface area contributed by atoms with E-state index in [1.54, 1.807) is 4.90 Å². The molecule has 3 rings (SSSR count). The smallest absolute Gasteiger partial charge is 0.254 e. The summed E-state index contributed by atoms with van der Waals surface area (Å²) in [6.07, 6.45) is 0.534. The highest BCUT2D eigenvalue weighted by atomic mass is 32.2. The van der Waals surface area contributed by atoms with Crippen LogP contribution in [0.5, 0.6) is 0 Å². The van der Waals surface area contributed by atoms with Crippen LogP contribution in [-0.4, -0.2) is 48.3 Å². The Labute approximate surface area is 136 Å². The Balaban J connectivity index is 1.93. The Morgan fingerprint density at radius 1 is 1.35 bits per heavy atom. The fourth-order valence-corrected chi connectivity index (χ4v) is 5.08. The highest BCUT2D eigenvalue weighted by Crippen LogP contribution is 2.25. The van der Waals surface area contributed by atoms with Gasteiger partial charge in [-0.05, 0) is 51.0 Å². The molecule has 0 bridgehead atoms. The molecule has 1 aromatic carbocycles. The molecule has 1 aliphatic heterocycles. The number of carbonyl (C=O) groups excluding carboxylic acids is 1. The van der Waals surface area contributed by atoms with Crippen LogP contribution >= 0.6 is 0 Å². The van der Waals surface area contributed by atoms with Gasteiger partial charge in [0, 0.05) is 34.7 Å². The van der Waals surface area contributed by atoms with E-state index < -0.39 is 9.84 Å². The van der Waals surface area contributed by atoms with Crippen molar-refractivity contribution in [3.63, 3.8) is 0 Å². The number of hydrogen-bond donors (Lipinski definition) is 1. The van der Waals surface area contributed by atoms with Gasteiger partial charge in [-0.3, -0.25) is 4.79 Å². The van der Waals surface area contributed by atoms with E-state index >= 15 is 0 Å². The van der Waals surface area contributed by atoms with Crippen molar-refractivity contribution in [2.45, 2.75) is 33.2 Å². The molecule has 2 aromatic rings. The Kier molecular flexibility index (Phi) is 3.96. The summed E-state index contributed by atoms with van der Waals surface area (Å²) in [5, 5.41) is 1.04. The maximum absolute atomic E-state index is 12.9. The van der Waals surface area contributed by atoms with Gasteiger partial charge in [-0.2, -0.15) is 0 Å². The molecule has 1 amide bonds. The number of sulfone groups is 1. The van der Waals surface area contributed by atoms with Gasteiger partial charge in [-0.1, -0.05) is 0 Å². The molecule has 0 saturated carbocycles. The van der Waals surface area contributed by atoms with Crippen LogP contribution in [0.2, 0.25) is 0 Å². The van der Waals surface area contributed by atoms with Gasteiger partial charge in [0.25, 0.3) is 5.91 Å². The van der Waals surface area contributed by atoms with Crippen LogP contribution in [-0.2, 0) is 9.84 Å². The standard InChI is InChI=1S/C17H22N2O3S/c1-4-19(14-7-8-23(21,22)10-14)17(20)13-5-6-16-15(9-13)11(2)12(3)18-16/h5-6,9,14,18H,4,7-8,10H2,1-3H3. The molecule has 1 saturated heterocycles. The summed E-state index contributed by atoms with van der Waals surface area (Å²) in [5.41, 5.74) is 3.87. The number of amides is 1. The molecule has 1 aromatic heterocycles. The Hall–Kier alpha value is -1.82. The van der Waals surface area contributed by atoms with Crippen molar-refractivity contribution in [3.8, 4) is 0 Å². The molecule has 1 N–H and O–H groups in total. The summed E-state index contributed by atoms with van der Waals surface area (Å²) < 4.78 is 23.4. The van der Waals surface area contributed by atoms with Crippen molar-refractivity contribution < 1.29 is 13.2 Å². The van der Waals surface area contributed by atoms with Gasteiger partial charge >= 0.3 is 0 Å². The normalized spacial score (nSPS) is 20.0. The fourth-order valence-electron chi connectivity index (χ4n) is 3.35. The molecule has 6 heteroatoms. The van der Waals surface area contributed by atoms with Gasteiger partial charge in [-0.15, -0.1) is 0 Å². The molecule has 5 nitrogen and oxygen atoms in total. The number of nitrogens with one attached hydrogen (secondary N) is 1. The van der Waals surface area contributed by atoms with Crippen LogP contribution in [0.1, 0.15) is 35.0 Å². The van der Waals surface area contributed by atoms with E-state index in [-0.39, 0.29) is 23.5 Å². The minimum Gasteiger partial charge on any atom is -0.358 e. The second-order valence-corrected chi connectivity index (χ2v) is 8.51. The lowest BCUT2D eigenvalue weighted by Gasteiger charge is -2.27. The summed E-state index contributed by atoms with van der Waals surface area (Å²) >= 11 is 0. The zero-order chi connectivity index (χ0) is 16.8. The topological polar surface area (TPSA) is 70.2 Å². The third-order valence-electron chi connectivity index (χ3n) is 4.81. The largest absolute Gasteiger partial charge is 0.358 e. The first-order valence-corrected chi connectivity index (χ1v) is 9.75. The molecule has 0 radical (unpaired) electrons. The molecule has 0 spiro atoms. The van der Waals surface area contributed by atoms with Gasteiger partial charge in [0.05, 0.1) is 11.5 Å². The molecule has 1 aliphatic rings. The van der Waals surface area contributed by atoms with E-state index in [0.717, 1.165) is 22.2 Å². The van der Waals surface area contributed by atoms with Crippen LogP contribution in [0, 0.1) is 13.8 Å². The molecule has 23 heavy (non-hydrogen) atoms. The van der Waals surface area contributed by atoms with E-state index in [1.165, 1.54) is 0 Å².